The van der Waals surface area contributed by atoms with Crippen LogP contribution >= 0.6 is 0 Å². The minimum Gasteiger partial charge on any atom is -0.0987 e. The molecule has 0 bridgehead atoms. The van der Waals surface area contributed by atoms with E-state index in [1.807, 2.05) is 18.2 Å². The van der Waals surface area contributed by atoms with E-state index in [9.17, 15) is 0 Å². The summed E-state index contributed by atoms with van der Waals surface area (Å²) < 4.78 is 0. The summed E-state index contributed by atoms with van der Waals surface area (Å²) in [6, 6.07) is 17.4. The summed E-state index contributed by atoms with van der Waals surface area (Å²) in [4.78, 5) is 0. The van der Waals surface area contributed by atoms with Crippen LogP contribution in [0.3, 0.4) is 0 Å². The molecule has 0 amide bonds. The molecule has 0 atom stereocenters. The van der Waals surface area contributed by atoms with Crippen LogP contribution in [0.5, 0.6) is 0 Å². The number of hydrogen-bond donors (Lipinski definition) is 0. The van der Waals surface area contributed by atoms with E-state index in [0.29, 0.717) is 0 Å². The van der Waals surface area contributed by atoms with Gasteiger partial charge in [-0.2, -0.15) is 0 Å². The number of fused-ring (bicyclic) bond motifs is 5. The molecule has 0 nitrogen and oxygen atoms in total. The van der Waals surface area contributed by atoms with Gasteiger partial charge in [-0.15, -0.1) is 0 Å². The monoisotopic (exact) mass is 334 g/mol. The van der Waals surface area contributed by atoms with Gasteiger partial charge in [-0.3, -0.25) is 0 Å². The molecule has 0 radical (unpaired) electrons. The zero-order valence-electron chi connectivity index (χ0n) is 15.1. The Balaban J connectivity index is 2.26. The van der Waals surface area contributed by atoms with Crippen LogP contribution in [-0.4, -0.2) is 0 Å². The van der Waals surface area contributed by atoms with Gasteiger partial charge in [-0.1, -0.05) is 98.6 Å². The van der Waals surface area contributed by atoms with Gasteiger partial charge < -0.3 is 0 Å². The van der Waals surface area contributed by atoms with Crippen LogP contribution in [0, 0.1) is 0 Å². The van der Waals surface area contributed by atoms with Crippen molar-refractivity contribution in [2.45, 2.75) is 12.3 Å². The summed E-state index contributed by atoms with van der Waals surface area (Å²) in [7, 11) is 0. The SMILES string of the molecule is C=CC1=C(C=C)C2(C(/C=C\C)=C1C=C)c1ccccc1-c1ccccc12. The van der Waals surface area contributed by atoms with Crippen molar-refractivity contribution in [3.05, 3.63) is 132 Å². The fraction of sp³-hybridized carbons (Fsp3) is 0.0769. The minimum atomic E-state index is -0.353. The molecule has 26 heavy (non-hydrogen) atoms. The maximum Gasteiger partial charge on any atom is 0.0725 e. The number of allylic oxidation sites excluding steroid dienone is 9. The molecular weight excluding hydrogens is 312 g/mol. The Kier molecular flexibility index (Phi) is 3.77. The van der Waals surface area contributed by atoms with Crippen LogP contribution < -0.4 is 0 Å². The van der Waals surface area contributed by atoms with E-state index in [2.05, 4.69) is 87.3 Å². The second kappa shape index (κ2) is 6.00. The van der Waals surface area contributed by atoms with E-state index in [0.717, 1.165) is 11.1 Å². The summed E-state index contributed by atoms with van der Waals surface area (Å²) in [5.41, 5.74) is 9.53. The van der Waals surface area contributed by atoms with Gasteiger partial charge in [-0.05, 0) is 51.5 Å². The normalized spacial score (nSPS) is 17.0. The van der Waals surface area contributed by atoms with Gasteiger partial charge in [0, 0.05) is 0 Å². The summed E-state index contributed by atoms with van der Waals surface area (Å²) in [6.07, 6.45) is 10.2. The van der Waals surface area contributed by atoms with Crippen molar-refractivity contribution in [2.75, 3.05) is 0 Å². The van der Waals surface area contributed by atoms with Crippen molar-refractivity contribution in [3.8, 4) is 11.1 Å². The number of rotatable bonds is 4. The largest absolute Gasteiger partial charge is 0.0987 e. The van der Waals surface area contributed by atoms with Crippen LogP contribution in [0.25, 0.3) is 11.1 Å². The molecule has 0 fully saturated rings. The maximum atomic E-state index is 4.18. The second-order valence-corrected chi connectivity index (χ2v) is 6.61. The van der Waals surface area contributed by atoms with Crippen molar-refractivity contribution in [1.82, 2.24) is 0 Å². The molecule has 0 heteroatoms. The van der Waals surface area contributed by atoms with Crippen LogP contribution in [0.4, 0.5) is 0 Å². The lowest BCUT2D eigenvalue weighted by Crippen LogP contribution is -2.27. The average molecular weight is 334 g/mol. The van der Waals surface area contributed by atoms with Gasteiger partial charge in [0.25, 0.3) is 0 Å². The van der Waals surface area contributed by atoms with Crippen LogP contribution in [0.15, 0.2) is 121 Å². The summed E-state index contributed by atoms with van der Waals surface area (Å²) in [5.74, 6) is 0. The highest BCUT2D eigenvalue weighted by Gasteiger charge is 2.51. The Labute approximate surface area is 155 Å². The van der Waals surface area contributed by atoms with Crippen LogP contribution in [0.2, 0.25) is 0 Å². The lowest BCUT2D eigenvalue weighted by atomic mass is 9.68. The molecule has 4 rings (SSSR count). The zero-order valence-corrected chi connectivity index (χ0v) is 15.1. The van der Waals surface area contributed by atoms with Crippen molar-refractivity contribution >= 4 is 0 Å². The molecule has 0 saturated carbocycles. The first kappa shape index (κ1) is 16.4. The van der Waals surface area contributed by atoms with E-state index in [4.69, 9.17) is 0 Å². The van der Waals surface area contributed by atoms with Crippen molar-refractivity contribution in [3.63, 3.8) is 0 Å². The molecule has 0 aromatic heterocycles. The quantitative estimate of drug-likeness (QED) is 0.584. The Morgan fingerprint density at radius 3 is 1.65 bits per heavy atom. The first-order valence-corrected chi connectivity index (χ1v) is 8.94. The van der Waals surface area contributed by atoms with Crippen molar-refractivity contribution in [1.29, 1.82) is 0 Å². The minimum absolute atomic E-state index is 0.353. The van der Waals surface area contributed by atoms with E-state index >= 15 is 0 Å². The van der Waals surface area contributed by atoms with Crippen molar-refractivity contribution < 1.29 is 0 Å². The van der Waals surface area contributed by atoms with Crippen LogP contribution in [-0.2, 0) is 5.41 Å². The van der Waals surface area contributed by atoms with E-state index < -0.39 is 0 Å². The first-order chi connectivity index (χ1) is 12.7. The Hall–Kier alpha value is -3.12. The Bertz CT molecular complexity index is 992. The van der Waals surface area contributed by atoms with Gasteiger partial charge in [0.15, 0.2) is 0 Å². The molecule has 126 valence electrons. The molecule has 0 aliphatic heterocycles. The van der Waals surface area contributed by atoms with Gasteiger partial charge in [0.1, 0.15) is 0 Å². The highest BCUT2D eigenvalue weighted by Crippen LogP contribution is 2.61. The van der Waals surface area contributed by atoms with Crippen molar-refractivity contribution in [2.24, 2.45) is 0 Å². The highest BCUT2D eigenvalue weighted by molar-refractivity contribution is 5.90. The van der Waals surface area contributed by atoms with E-state index in [1.54, 1.807) is 0 Å². The summed E-state index contributed by atoms with van der Waals surface area (Å²) in [5, 5.41) is 0. The molecule has 0 unspecified atom stereocenters. The molecule has 2 aromatic rings. The fourth-order valence-electron chi connectivity index (χ4n) is 4.74. The molecule has 0 heterocycles. The molecule has 2 aliphatic carbocycles. The lowest BCUT2D eigenvalue weighted by molar-refractivity contribution is 0.779. The summed E-state index contributed by atoms with van der Waals surface area (Å²) >= 11 is 0. The highest BCUT2D eigenvalue weighted by atomic mass is 14.5. The third kappa shape index (κ3) is 1.79. The topological polar surface area (TPSA) is 0 Å². The Morgan fingerprint density at radius 2 is 1.19 bits per heavy atom. The van der Waals surface area contributed by atoms with Gasteiger partial charge in [0.2, 0.25) is 0 Å². The van der Waals surface area contributed by atoms with Gasteiger partial charge in [0.05, 0.1) is 5.41 Å². The van der Waals surface area contributed by atoms with Crippen LogP contribution in [0.1, 0.15) is 18.1 Å². The predicted octanol–water partition coefficient (Wildman–Crippen LogP) is 6.69. The van der Waals surface area contributed by atoms with E-state index in [-0.39, 0.29) is 5.41 Å². The maximum absolute atomic E-state index is 4.18. The lowest BCUT2D eigenvalue weighted by Gasteiger charge is -2.32. The van der Waals surface area contributed by atoms with Gasteiger partial charge in [-0.25, -0.2) is 0 Å². The standard InChI is InChI=1S/C26H22/c1-5-13-23-19(7-3)18(6-2)22(8-4)26(23)24-16-11-9-14-20(24)21-15-10-12-17-25(21)26/h5-17H,2-4H2,1H3/b13-5-. The third-order valence-electron chi connectivity index (χ3n) is 5.58. The molecule has 0 N–H and O–H groups in total. The molecular formula is C26H22. The molecule has 0 saturated heterocycles. The third-order valence-corrected chi connectivity index (χ3v) is 5.58. The van der Waals surface area contributed by atoms with Gasteiger partial charge >= 0.3 is 0 Å². The Morgan fingerprint density at radius 1 is 0.692 bits per heavy atom. The fourth-order valence-corrected chi connectivity index (χ4v) is 4.74. The molecule has 2 aromatic carbocycles. The zero-order chi connectivity index (χ0) is 18.3. The smallest absolute Gasteiger partial charge is 0.0725 e. The average Bonchev–Trinajstić information content (AvgIpc) is 3.14. The number of hydrogen-bond acceptors (Lipinski definition) is 0. The predicted molar refractivity (Wildman–Crippen MR) is 112 cm³/mol. The number of benzene rings is 2. The summed E-state index contributed by atoms with van der Waals surface area (Å²) in [6.45, 7) is 14.4. The van der Waals surface area contributed by atoms with E-state index in [1.165, 1.54) is 33.4 Å². The second-order valence-electron chi connectivity index (χ2n) is 6.61. The first-order valence-electron chi connectivity index (χ1n) is 8.94. The molecule has 1 spiro atoms. The molecule has 2 aliphatic rings.